The van der Waals surface area contributed by atoms with E-state index in [9.17, 15) is 22.0 Å². The van der Waals surface area contributed by atoms with Gasteiger partial charge in [0.25, 0.3) is 0 Å². The van der Waals surface area contributed by atoms with E-state index < -0.39 is 40.5 Å². The van der Waals surface area contributed by atoms with Gasteiger partial charge in [-0.05, 0) is 12.1 Å². The molecule has 1 N–H and O–H groups in total. The second kappa shape index (κ2) is 5.17. The fourth-order valence-electron chi connectivity index (χ4n) is 1.54. The molecule has 0 spiro atoms. The van der Waals surface area contributed by atoms with E-state index in [0.29, 0.717) is 24.3 Å². The lowest BCUT2D eigenvalue weighted by Crippen LogP contribution is -2.02. The Morgan fingerprint density at radius 1 is 0.850 bits per heavy atom. The van der Waals surface area contributed by atoms with Gasteiger partial charge in [-0.2, -0.15) is 5.26 Å². The number of nitrogens with zero attached hydrogens (tertiary/aromatic N) is 1. The van der Waals surface area contributed by atoms with Crippen LogP contribution >= 0.6 is 0 Å². The average molecular weight is 284 g/mol. The van der Waals surface area contributed by atoms with Gasteiger partial charge in [0, 0.05) is 12.1 Å². The molecule has 0 fully saturated rings. The fraction of sp³-hybridized carbons (Fsp3) is 0. The van der Waals surface area contributed by atoms with Crippen molar-refractivity contribution in [1.82, 2.24) is 0 Å². The molecule has 0 saturated carbocycles. The molecule has 0 radical (unpaired) electrons. The van der Waals surface area contributed by atoms with Gasteiger partial charge in [0.15, 0.2) is 23.3 Å². The molecule has 0 aliphatic heterocycles. The van der Waals surface area contributed by atoms with Crippen molar-refractivity contribution in [2.45, 2.75) is 0 Å². The number of hydrogen-bond acceptors (Lipinski definition) is 2. The predicted molar refractivity (Wildman–Crippen MR) is 60.7 cm³/mol. The molecule has 0 amide bonds. The van der Waals surface area contributed by atoms with Crippen molar-refractivity contribution in [3.8, 4) is 6.07 Å². The van der Waals surface area contributed by atoms with Crippen LogP contribution in [0.3, 0.4) is 0 Å². The number of halogens is 5. The van der Waals surface area contributed by atoms with Gasteiger partial charge in [0.2, 0.25) is 0 Å². The molecule has 0 bridgehead atoms. The van der Waals surface area contributed by atoms with Crippen LogP contribution in [-0.4, -0.2) is 0 Å². The first kappa shape index (κ1) is 13.8. The standard InChI is InChI=1S/C13H5F5N2/c14-7-3-8(15)12(18)11(4-7)20-13-9(16)1-6(5-19)2-10(13)17/h1-4,20H. The monoisotopic (exact) mass is 284 g/mol. The van der Waals surface area contributed by atoms with Crippen LogP contribution in [-0.2, 0) is 0 Å². The van der Waals surface area contributed by atoms with Crippen molar-refractivity contribution < 1.29 is 22.0 Å². The minimum atomic E-state index is -1.50. The van der Waals surface area contributed by atoms with Crippen LogP contribution in [0.2, 0.25) is 0 Å². The molecule has 0 atom stereocenters. The van der Waals surface area contributed by atoms with E-state index in [-0.39, 0.29) is 5.56 Å². The Morgan fingerprint density at radius 2 is 1.45 bits per heavy atom. The van der Waals surface area contributed by atoms with E-state index in [1.165, 1.54) is 6.07 Å². The van der Waals surface area contributed by atoms with Gasteiger partial charge in [0.05, 0.1) is 17.3 Å². The van der Waals surface area contributed by atoms with Gasteiger partial charge in [-0.3, -0.25) is 0 Å². The van der Waals surface area contributed by atoms with Crippen molar-refractivity contribution >= 4 is 11.4 Å². The number of hydrogen-bond donors (Lipinski definition) is 1. The molecule has 7 heteroatoms. The normalized spacial score (nSPS) is 10.2. The maximum absolute atomic E-state index is 13.6. The van der Waals surface area contributed by atoms with Gasteiger partial charge in [-0.25, -0.2) is 22.0 Å². The molecular formula is C13H5F5N2. The van der Waals surface area contributed by atoms with E-state index in [1.54, 1.807) is 0 Å². The summed E-state index contributed by atoms with van der Waals surface area (Å²) >= 11 is 0. The van der Waals surface area contributed by atoms with E-state index in [4.69, 9.17) is 5.26 Å². The Morgan fingerprint density at radius 3 is 2.00 bits per heavy atom. The molecule has 0 aromatic heterocycles. The Balaban J connectivity index is 2.49. The van der Waals surface area contributed by atoms with Gasteiger partial charge in [0.1, 0.15) is 11.5 Å². The third-order valence-corrected chi connectivity index (χ3v) is 2.42. The van der Waals surface area contributed by atoms with Crippen molar-refractivity contribution in [1.29, 1.82) is 5.26 Å². The first-order valence-corrected chi connectivity index (χ1v) is 5.23. The highest BCUT2D eigenvalue weighted by atomic mass is 19.2. The van der Waals surface area contributed by atoms with Gasteiger partial charge in [-0.15, -0.1) is 0 Å². The predicted octanol–water partition coefficient (Wildman–Crippen LogP) is 4.00. The van der Waals surface area contributed by atoms with E-state index in [0.717, 1.165) is 0 Å². The third-order valence-electron chi connectivity index (χ3n) is 2.42. The minimum Gasteiger partial charge on any atom is -0.348 e. The zero-order valence-corrected chi connectivity index (χ0v) is 9.65. The summed E-state index contributed by atoms with van der Waals surface area (Å²) < 4.78 is 66.4. The van der Waals surface area contributed by atoms with Crippen LogP contribution in [0, 0.1) is 40.4 Å². The number of nitriles is 1. The van der Waals surface area contributed by atoms with Crippen LogP contribution in [0.25, 0.3) is 0 Å². The van der Waals surface area contributed by atoms with Crippen LogP contribution in [0.5, 0.6) is 0 Å². The fourth-order valence-corrected chi connectivity index (χ4v) is 1.54. The van der Waals surface area contributed by atoms with Crippen molar-refractivity contribution in [3.05, 3.63) is 58.9 Å². The second-order valence-electron chi connectivity index (χ2n) is 3.80. The Labute approximate surface area is 110 Å². The summed E-state index contributed by atoms with van der Waals surface area (Å²) in [6.45, 7) is 0. The molecule has 2 aromatic rings. The van der Waals surface area contributed by atoms with Crippen LogP contribution in [0.4, 0.5) is 33.3 Å². The van der Waals surface area contributed by atoms with Crippen molar-refractivity contribution in [3.63, 3.8) is 0 Å². The maximum Gasteiger partial charge on any atom is 0.182 e. The number of benzene rings is 2. The molecule has 2 rings (SSSR count). The number of anilines is 2. The van der Waals surface area contributed by atoms with Crippen molar-refractivity contribution in [2.75, 3.05) is 5.32 Å². The topological polar surface area (TPSA) is 35.8 Å². The highest BCUT2D eigenvalue weighted by molar-refractivity contribution is 5.62. The Bertz CT molecular complexity index is 698. The summed E-state index contributed by atoms with van der Waals surface area (Å²) in [5.74, 6) is -6.46. The minimum absolute atomic E-state index is 0.281. The maximum atomic E-state index is 13.6. The molecule has 0 unspecified atom stereocenters. The molecule has 20 heavy (non-hydrogen) atoms. The first-order chi connectivity index (χ1) is 9.42. The largest absolute Gasteiger partial charge is 0.348 e. The highest BCUT2D eigenvalue weighted by Gasteiger charge is 2.16. The van der Waals surface area contributed by atoms with Crippen LogP contribution < -0.4 is 5.32 Å². The van der Waals surface area contributed by atoms with E-state index in [2.05, 4.69) is 0 Å². The summed E-state index contributed by atoms with van der Waals surface area (Å²) in [4.78, 5) is 0. The smallest absolute Gasteiger partial charge is 0.182 e. The van der Waals surface area contributed by atoms with Crippen LogP contribution in [0.15, 0.2) is 24.3 Å². The zero-order chi connectivity index (χ0) is 14.9. The summed E-state index contributed by atoms with van der Waals surface area (Å²) in [6.07, 6.45) is 0. The highest BCUT2D eigenvalue weighted by Crippen LogP contribution is 2.27. The third kappa shape index (κ3) is 2.54. The Kier molecular flexibility index (Phi) is 3.57. The summed E-state index contributed by atoms with van der Waals surface area (Å²) in [6, 6.07) is 3.79. The summed E-state index contributed by atoms with van der Waals surface area (Å²) in [5, 5.41) is 10.4. The van der Waals surface area contributed by atoms with Gasteiger partial charge < -0.3 is 5.32 Å². The quantitative estimate of drug-likeness (QED) is 0.668. The SMILES string of the molecule is N#Cc1cc(F)c(Nc2cc(F)cc(F)c2F)c(F)c1. The molecule has 2 nitrogen and oxygen atoms in total. The molecule has 0 heterocycles. The number of nitrogens with one attached hydrogen (secondary N) is 1. The summed E-state index contributed by atoms with van der Waals surface area (Å²) in [5.41, 5.74) is -1.85. The lowest BCUT2D eigenvalue weighted by molar-refractivity contribution is 0.498. The molecule has 2 aromatic carbocycles. The molecule has 0 aliphatic rings. The van der Waals surface area contributed by atoms with E-state index in [1.807, 2.05) is 5.32 Å². The summed E-state index contributed by atoms with van der Waals surface area (Å²) in [7, 11) is 0. The zero-order valence-electron chi connectivity index (χ0n) is 9.65. The van der Waals surface area contributed by atoms with Gasteiger partial charge >= 0.3 is 0 Å². The molecular weight excluding hydrogens is 279 g/mol. The van der Waals surface area contributed by atoms with Crippen molar-refractivity contribution in [2.24, 2.45) is 0 Å². The lowest BCUT2D eigenvalue weighted by Gasteiger charge is -2.10. The van der Waals surface area contributed by atoms with E-state index >= 15 is 0 Å². The molecule has 102 valence electrons. The van der Waals surface area contributed by atoms with Crippen LogP contribution in [0.1, 0.15) is 5.56 Å². The Hall–Kier alpha value is -2.62. The van der Waals surface area contributed by atoms with Gasteiger partial charge in [-0.1, -0.05) is 0 Å². The first-order valence-electron chi connectivity index (χ1n) is 5.23. The second-order valence-corrected chi connectivity index (χ2v) is 3.80. The molecule has 0 aliphatic carbocycles. The average Bonchev–Trinajstić information content (AvgIpc) is 2.38. The number of rotatable bonds is 2. The lowest BCUT2D eigenvalue weighted by atomic mass is 10.2. The molecule has 0 saturated heterocycles.